The lowest BCUT2D eigenvalue weighted by atomic mass is 9.75. The van der Waals surface area contributed by atoms with Gasteiger partial charge in [-0.25, -0.2) is 0 Å². The second-order valence-corrected chi connectivity index (χ2v) is 9.29. The monoisotopic (exact) mass is 546 g/mol. The molecule has 0 spiro atoms. The zero-order valence-corrected chi connectivity index (χ0v) is 20.8. The third kappa shape index (κ3) is 9.13. The maximum atomic E-state index is 9.36. The topological polar surface area (TPSA) is 66.0 Å². The fourth-order valence-electron chi connectivity index (χ4n) is 3.40. The summed E-state index contributed by atoms with van der Waals surface area (Å²) < 4.78 is 12.4. The summed E-state index contributed by atoms with van der Waals surface area (Å²) in [4.78, 5) is 0. The van der Waals surface area contributed by atoms with Gasteiger partial charge in [-0.2, -0.15) is 10.5 Å². The van der Waals surface area contributed by atoms with Crippen LogP contribution in [0.3, 0.4) is 0 Å². The molecule has 2 aliphatic rings. The van der Waals surface area contributed by atoms with Gasteiger partial charge in [0.2, 0.25) is 0 Å². The second kappa shape index (κ2) is 14.4. The summed E-state index contributed by atoms with van der Waals surface area (Å²) in [5.41, 5.74) is 1.81. The largest absolute Gasteiger partial charge is 0.381 e. The molecule has 0 unspecified atom stereocenters. The molecule has 2 saturated heterocycles. The van der Waals surface area contributed by atoms with Crippen LogP contribution in [0.2, 0.25) is 0 Å². The molecule has 0 atom stereocenters. The van der Waals surface area contributed by atoms with Crippen LogP contribution in [0, 0.1) is 22.7 Å². The van der Waals surface area contributed by atoms with Crippen molar-refractivity contribution in [2.24, 2.45) is 0 Å². The third-order valence-corrected chi connectivity index (χ3v) is 6.17. The van der Waals surface area contributed by atoms with Gasteiger partial charge < -0.3 is 9.47 Å². The number of hydrogen-bond acceptors (Lipinski definition) is 4. The molecule has 2 aromatic carbocycles. The van der Waals surface area contributed by atoms with Crippen molar-refractivity contribution in [3.05, 3.63) is 68.6 Å². The van der Waals surface area contributed by atoms with Crippen molar-refractivity contribution in [2.45, 2.75) is 43.9 Å². The highest BCUT2D eigenvalue weighted by Crippen LogP contribution is 2.35. The standard InChI is InChI=1S/C12H12BrNO.C8H6BrN.C5H10O/c13-11-3-1-2-10(8-11)12(9-14)4-6-15-7-5-12;9-8-3-1-2-7(6-8)4-5-10;1-2-4-6-5-3-1/h1-3,8H,4-7H2;1-3,6H,4H2;1-5H2. The van der Waals surface area contributed by atoms with Crippen molar-refractivity contribution in [1.82, 2.24) is 0 Å². The van der Waals surface area contributed by atoms with E-state index in [4.69, 9.17) is 14.7 Å². The van der Waals surface area contributed by atoms with Gasteiger partial charge in [0.05, 0.1) is 24.0 Å². The molecule has 0 N–H and O–H groups in total. The van der Waals surface area contributed by atoms with Gasteiger partial charge in [0.1, 0.15) is 0 Å². The Balaban J connectivity index is 0.000000183. The van der Waals surface area contributed by atoms with Crippen LogP contribution < -0.4 is 0 Å². The van der Waals surface area contributed by atoms with Crippen LogP contribution in [0.5, 0.6) is 0 Å². The molecule has 0 bridgehead atoms. The molecule has 2 fully saturated rings. The van der Waals surface area contributed by atoms with Gasteiger partial charge in [0.15, 0.2) is 0 Å². The van der Waals surface area contributed by atoms with Crippen LogP contribution >= 0.6 is 31.9 Å². The van der Waals surface area contributed by atoms with E-state index < -0.39 is 0 Å². The lowest BCUT2D eigenvalue weighted by Crippen LogP contribution is -2.32. The predicted molar refractivity (Wildman–Crippen MR) is 130 cm³/mol. The SMILES string of the molecule is C1CCOCC1.N#CC1(c2cccc(Br)c2)CCOCC1.N#CCc1cccc(Br)c1. The molecule has 2 aromatic rings. The van der Waals surface area contributed by atoms with Crippen LogP contribution in [-0.4, -0.2) is 26.4 Å². The molecular formula is C25H28Br2N2O2. The zero-order chi connectivity index (χ0) is 22.4. The van der Waals surface area contributed by atoms with Crippen LogP contribution in [0.25, 0.3) is 0 Å². The van der Waals surface area contributed by atoms with Crippen molar-refractivity contribution in [3.8, 4) is 12.1 Å². The highest BCUT2D eigenvalue weighted by atomic mass is 79.9. The van der Waals surface area contributed by atoms with Crippen molar-refractivity contribution < 1.29 is 9.47 Å². The summed E-state index contributed by atoms with van der Waals surface area (Å²) in [5, 5.41) is 17.7. The van der Waals surface area contributed by atoms with Crippen LogP contribution in [0.4, 0.5) is 0 Å². The van der Waals surface area contributed by atoms with Crippen LogP contribution in [0.1, 0.15) is 43.2 Å². The molecule has 0 aromatic heterocycles. The van der Waals surface area contributed by atoms with E-state index in [0.717, 1.165) is 46.1 Å². The van der Waals surface area contributed by atoms with Crippen LogP contribution in [-0.2, 0) is 21.3 Å². The van der Waals surface area contributed by atoms with E-state index in [2.05, 4.69) is 44.0 Å². The van der Waals surface area contributed by atoms with Crippen molar-refractivity contribution in [3.63, 3.8) is 0 Å². The molecule has 0 aliphatic carbocycles. The van der Waals surface area contributed by atoms with E-state index in [9.17, 15) is 5.26 Å². The van der Waals surface area contributed by atoms with Crippen molar-refractivity contribution in [1.29, 1.82) is 10.5 Å². The molecule has 0 radical (unpaired) electrons. The molecule has 2 aliphatic heterocycles. The maximum Gasteiger partial charge on any atom is 0.0866 e. The van der Waals surface area contributed by atoms with Gasteiger partial charge in [-0.15, -0.1) is 0 Å². The van der Waals surface area contributed by atoms with E-state index in [-0.39, 0.29) is 5.41 Å². The Labute approximate surface area is 202 Å². The highest BCUT2D eigenvalue weighted by Gasteiger charge is 2.34. The number of halogens is 2. The van der Waals surface area contributed by atoms with Gasteiger partial charge in [-0.3, -0.25) is 0 Å². The Hall–Kier alpha value is -1.70. The highest BCUT2D eigenvalue weighted by molar-refractivity contribution is 9.10. The summed E-state index contributed by atoms with van der Waals surface area (Å²) in [5.74, 6) is 0. The first-order valence-corrected chi connectivity index (χ1v) is 12.1. The fourth-order valence-corrected chi connectivity index (χ4v) is 4.24. The van der Waals surface area contributed by atoms with E-state index in [1.807, 2.05) is 48.5 Å². The normalized spacial score (nSPS) is 16.9. The van der Waals surface area contributed by atoms with E-state index in [1.54, 1.807) is 0 Å². The molecular weight excluding hydrogens is 520 g/mol. The number of nitriles is 2. The van der Waals surface area contributed by atoms with Gasteiger partial charge >= 0.3 is 0 Å². The smallest absolute Gasteiger partial charge is 0.0866 e. The summed E-state index contributed by atoms with van der Waals surface area (Å²) in [7, 11) is 0. The minimum absolute atomic E-state index is 0.345. The Kier molecular flexibility index (Phi) is 11.9. The molecule has 2 heterocycles. The van der Waals surface area contributed by atoms with E-state index in [1.165, 1.54) is 19.3 Å². The number of rotatable bonds is 2. The lowest BCUT2D eigenvalue weighted by molar-refractivity contribution is 0.0675. The summed E-state index contributed by atoms with van der Waals surface area (Å²) in [6.45, 7) is 3.36. The fraction of sp³-hybridized carbons (Fsp3) is 0.440. The Bertz CT molecular complexity index is 868. The molecule has 0 amide bonds. The maximum absolute atomic E-state index is 9.36. The van der Waals surface area contributed by atoms with Crippen molar-refractivity contribution in [2.75, 3.05) is 26.4 Å². The minimum Gasteiger partial charge on any atom is -0.381 e. The molecule has 6 heteroatoms. The quantitative estimate of drug-likeness (QED) is 0.418. The first kappa shape index (κ1) is 25.6. The van der Waals surface area contributed by atoms with Crippen LogP contribution in [0.15, 0.2) is 57.5 Å². The minimum atomic E-state index is -0.345. The Morgan fingerprint density at radius 2 is 1.42 bits per heavy atom. The Morgan fingerprint density at radius 3 is 1.90 bits per heavy atom. The second-order valence-electron chi connectivity index (χ2n) is 7.45. The van der Waals surface area contributed by atoms with Gasteiger partial charge in [0.25, 0.3) is 0 Å². The average Bonchev–Trinajstić information content (AvgIpc) is 2.82. The third-order valence-electron chi connectivity index (χ3n) is 5.19. The van der Waals surface area contributed by atoms with Gasteiger partial charge in [-0.05, 0) is 67.5 Å². The summed E-state index contributed by atoms with van der Waals surface area (Å²) in [6.07, 6.45) is 6.00. The molecule has 31 heavy (non-hydrogen) atoms. The Morgan fingerprint density at radius 1 is 0.806 bits per heavy atom. The average molecular weight is 548 g/mol. The number of nitrogens with zero attached hydrogens (tertiary/aromatic N) is 2. The van der Waals surface area contributed by atoms with E-state index >= 15 is 0 Å². The molecule has 4 rings (SSSR count). The lowest BCUT2D eigenvalue weighted by Gasteiger charge is -2.31. The van der Waals surface area contributed by atoms with Gasteiger partial charge in [-0.1, -0.05) is 56.1 Å². The first-order chi connectivity index (χ1) is 15.1. The number of benzene rings is 2. The van der Waals surface area contributed by atoms with Gasteiger partial charge in [0, 0.05) is 35.4 Å². The van der Waals surface area contributed by atoms with E-state index in [0.29, 0.717) is 19.6 Å². The predicted octanol–water partition coefficient (Wildman–Crippen LogP) is 6.72. The molecule has 164 valence electrons. The molecule has 0 saturated carbocycles. The summed E-state index contributed by atoms with van der Waals surface area (Å²) >= 11 is 6.76. The number of hydrogen-bond donors (Lipinski definition) is 0. The number of ether oxygens (including phenoxy) is 2. The first-order valence-electron chi connectivity index (χ1n) is 10.5. The molecule has 4 nitrogen and oxygen atoms in total. The summed E-state index contributed by atoms with van der Waals surface area (Å²) in [6, 6.07) is 20.3. The van der Waals surface area contributed by atoms with Crippen molar-refractivity contribution >= 4 is 31.9 Å². The zero-order valence-electron chi connectivity index (χ0n) is 17.7.